The van der Waals surface area contributed by atoms with Crippen LogP contribution in [0.4, 0.5) is 11.4 Å². The van der Waals surface area contributed by atoms with E-state index in [0.717, 1.165) is 0 Å². The fraction of sp³-hybridized carbons (Fsp3) is 0.316. The molecule has 0 fully saturated rings. The van der Waals surface area contributed by atoms with Crippen molar-refractivity contribution in [1.82, 2.24) is 4.31 Å². The van der Waals surface area contributed by atoms with Gasteiger partial charge >= 0.3 is 0 Å². The van der Waals surface area contributed by atoms with Gasteiger partial charge in [0.25, 0.3) is 11.6 Å². The summed E-state index contributed by atoms with van der Waals surface area (Å²) in [6.45, 7) is 7.52. The number of nitro benzene ring substituents is 1. The molecule has 1 amide bonds. The second-order valence-electron chi connectivity index (χ2n) is 6.28. The average molecular weight is 405 g/mol. The number of nitrogens with zero attached hydrogens (tertiary/aromatic N) is 2. The quantitative estimate of drug-likeness (QED) is 0.560. The van der Waals surface area contributed by atoms with Gasteiger partial charge in [0.15, 0.2) is 0 Å². The first-order valence-corrected chi connectivity index (χ1v) is 10.2. The molecule has 0 spiro atoms. The lowest BCUT2D eigenvalue weighted by atomic mass is 10.1. The summed E-state index contributed by atoms with van der Waals surface area (Å²) in [4.78, 5) is 23.1. The Morgan fingerprint density at radius 3 is 2.25 bits per heavy atom. The molecule has 28 heavy (non-hydrogen) atoms. The highest BCUT2D eigenvalue weighted by Crippen LogP contribution is 2.24. The molecule has 2 aromatic rings. The number of rotatable bonds is 7. The smallest absolute Gasteiger partial charge is 0.271 e. The molecule has 0 saturated carbocycles. The van der Waals surface area contributed by atoms with Crippen molar-refractivity contribution in [2.24, 2.45) is 0 Å². The van der Waals surface area contributed by atoms with E-state index in [-0.39, 0.29) is 16.1 Å². The van der Waals surface area contributed by atoms with E-state index in [2.05, 4.69) is 5.32 Å². The number of non-ortho nitro benzene ring substituents is 1. The van der Waals surface area contributed by atoms with Crippen molar-refractivity contribution < 1.29 is 18.1 Å². The standard InChI is InChI=1S/C19H23N3O5S/c1-5-21(6-2)28(26,27)18-11-15(9-7-14(18)4)19(23)20-17-12-16(22(24)25)10-8-13(17)3/h7-12H,5-6H2,1-4H3,(H,20,23). The third kappa shape index (κ3) is 4.37. The highest BCUT2D eigenvalue weighted by atomic mass is 32.2. The molecule has 150 valence electrons. The Balaban J connectivity index is 2.41. The molecule has 2 rings (SSSR count). The molecule has 0 aliphatic rings. The topological polar surface area (TPSA) is 110 Å². The second kappa shape index (κ2) is 8.49. The van der Waals surface area contributed by atoms with Crippen molar-refractivity contribution in [3.8, 4) is 0 Å². The van der Waals surface area contributed by atoms with E-state index in [1.54, 1.807) is 39.8 Å². The molecule has 0 aromatic heterocycles. The minimum Gasteiger partial charge on any atom is -0.321 e. The lowest BCUT2D eigenvalue weighted by Gasteiger charge is -2.20. The van der Waals surface area contributed by atoms with Gasteiger partial charge in [-0.3, -0.25) is 14.9 Å². The fourth-order valence-electron chi connectivity index (χ4n) is 2.77. The van der Waals surface area contributed by atoms with E-state index in [9.17, 15) is 23.3 Å². The SMILES string of the molecule is CCN(CC)S(=O)(=O)c1cc(C(=O)Nc2cc([N+](=O)[O-])ccc2C)ccc1C. The van der Waals surface area contributed by atoms with Crippen LogP contribution in [0.25, 0.3) is 0 Å². The van der Waals surface area contributed by atoms with Crippen LogP contribution >= 0.6 is 0 Å². The maximum absolute atomic E-state index is 12.8. The number of hydrogen-bond acceptors (Lipinski definition) is 5. The minimum atomic E-state index is -3.72. The van der Waals surface area contributed by atoms with E-state index >= 15 is 0 Å². The molecule has 0 aliphatic carbocycles. The Bertz CT molecular complexity index is 1010. The molecule has 0 unspecified atom stereocenters. The zero-order valence-corrected chi connectivity index (χ0v) is 17.0. The second-order valence-corrected chi connectivity index (χ2v) is 8.19. The summed E-state index contributed by atoms with van der Waals surface area (Å²) in [5, 5.41) is 13.6. The van der Waals surface area contributed by atoms with Gasteiger partial charge < -0.3 is 5.32 Å². The number of nitrogens with one attached hydrogen (secondary N) is 1. The lowest BCUT2D eigenvalue weighted by molar-refractivity contribution is -0.384. The van der Waals surface area contributed by atoms with Gasteiger partial charge in [-0.15, -0.1) is 0 Å². The Labute approximate surface area is 164 Å². The van der Waals surface area contributed by atoms with Crippen molar-refractivity contribution >= 4 is 27.3 Å². The number of amides is 1. The Morgan fingerprint density at radius 2 is 1.68 bits per heavy atom. The molecule has 9 heteroatoms. The van der Waals surface area contributed by atoms with Gasteiger partial charge in [-0.1, -0.05) is 26.0 Å². The number of nitro groups is 1. The highest BCUT2D eigenvalue weighted by molar-refractivity contribution is 7.89. The summed E-state index contributed by atoms with van der Waals surface area (Å²) < 4.78 is 27.0. The van der Waals surface area contributed by atoms with E-state index in [1.807, 2.05) is 0 Å². The first-order valence-electron chi connectivity index (χ1n) is 8.79. The molecular formula is C19H23N3O5S. The number of carbonyl (C=O) groups excluding carboxylic acids is 1. The summed E-state index contributed by atoms with van der Waals surface area (Å²) >= 11 is 0. The summed E-state index contributed by atoms with van der Waals surface area (Å²) in [6.07, 6.45) is 0. The largest absolute Gasteiger partial charge is 0.321 e. The predicted molar refractivity (Wildman–Crippen MR) is 107 cm³/mol. The van der Waals surface area contributed by atoms with Crippen LogP contribution in [-0.4, -0.2) is 36.6 Å². The summed E-state index contributed by atoms with van der Waals surface area (Å²) in [5.74, 6) is -0.542. The molecule has 0 atom stereocenters. The maximum atomic E-state index is 12.8. The summed E-state index contributed by atoms with van der Waals surface area (Å²) in [6, 6.07) is 8.61. The van der Waals surface area contributed by atoms with Gasteiger partial charge in [0.2, 0.25) is 10.0 Å². The van der Waals surface area contributed by atoms with Gasteiger partial charge in [0.05, 0.1) is 15.5 Å². The molecule has 0 radical (unpaired) electrons. The van der Waals surface area contributed by atoms with Crippen LogP contribution in [0, 0.1) is 24.0 Å². The van der Waals surface area contributed by atoms with Gasteiger partial charge in [0.1, 0.15) is 0 Å². The summed E-state index contributed by atoms with van der Waals surface area (Å²) in [7, 11) is -3.72. The van der Waals surface area contributed by atoms with Gasteiger partial charge in [-0.05, 0) is 37.1 Å². The van der Waals surface area contributed by atoms with Crippen molar-refractivity contribution in [3.63, 3.8) is 0 Å². The Kier molecular flexibility index (Phi) is 6.52. The molecule has 8 nitrogen and oxygen atoms in total. The van der Waals surface area contributed by atoms with Crippen LogP contribution in [0.1, 0.15) is 35.3 Å². The average Bonchev–Trinajstić information content (AvgIpc) is 2.64. The Hall–Kier alpha value is -2.78. The predicted octanol–water partition coefficient (Wildman–Crippen LogP) is 3.49. The van der Waals surface area contributed by atoms with E-state index in [4.69, 9.17) is 0 Å². The van der Waals surface area contributed by atoms with Gasteiger partial charge in [-0.2, -0.15) is 4.31 Å². The molecule has 0 bridgehead atoms. The lowest BCUT2D eigenvalue weighted by Crippen LogP contribution is -2.31. The van der Waals surface area contributed by atoms with E-state index < -0.39 is 20.9 Å². The third-order valence-electron chi connectivity index (χ3n) is 4.45. The monoisotopic (exact) mass is 405 g/mol. The maximum Gasteiger partial charge on any atom is 0.271 e. The fourth-order valence-corrected chi connectivity index (χ4v) is 4.48. The van der Waals surface area contributed by atoms with Crippen LogP contribution in [0.2, 0.25) is 0 Å². The number of benzene rings is 2. The van der Waals surface area contributed by atoms with Crippen molar-refractivity contribution in [3.05, 3.63) is 63.2 Å². The number of hydrogen-bond donors (Lipinski definition) is 1. The zero-order chi connectivity index (χ0) is 21.1. The molecule has 0 saturated heterocycles. The van der Waals surface area contributed by atoms with Crippen molar-refractivity contribution in [2.75, 3.05) is 18.4 Å². The molecule has 2 aromatic carbocycles. The molecule has 0 heterocycles. The normalized spacial score (nSPS) is 11.5. The number of sulfonamides is 1. The number of carbonyl (C=O) groups is 1. The Morgan fingerprint density at radius 1 is 1.07 bits per heavy atom. The zero-order valence-electron chi connectivity index (χ0n) is 16.2. The third-order valence-corrected chi connectivity index (χ3v) is 6.65. The van der Waals surface area contributed by atoms with Gasteiger partial charge in [0, 0.05) is 30.8 Å². The van der Waals surface area contributed by atoms with Crippen LogP contribution < -0.4 is 5.32 Å². The number of anilines is 1. The number of aryl methyl sites for hydroxylation is 2. The molecule has 0 aliphatic heterocycles. The minimum absolute atomic E-state index is 0.0691. The first-order chi connectivity index (χ1) is 13.1. The highest BCUT2D eigenvalue weighted by Gasteiger charge is 2.25. The van der Waals surface area contributed by atoms with Crippen LogP contribution in [0.15, 0.2) is 41.3 Å². The van der Waals surface area contributed by atoms with E-state index in [1.165, 1.54) is 28.6 Å². The van der Waals surface area contributed by atoms with Crippen molar-refractivity contribution in [1.29, 1.82) is 0 Å². The van der Waals surface area contributed by atoms with Crippen LogP contribution in [0.5, 0.6) is 0 Å². The first kappa shape index (κ1) is 21.5. The summed E-state index contributed by atoms with van der Waals surface area (Å²) in [5.41, 5.74) is 1.50. The molecular weight excluding hydrogens is 382 g/mol. The van der Waals surface area contributed by atoms with E-state index in [0.29, 0.717) is 29.9 Å². The van der Waals surface area contributed by atoms with Crippen LogP contribution in [-0.2, 0) is 10.0 Å². The van der Waals surface area contributed by atoms with Crippen molar-refractivity contribution in [2.45, 2.75) is 32.6 Å². The van der Waals surface area contributed by atoms with Crippen LogP contribution in [0.3, 0.4) is 0 Å². The van der Waals surface area contributed by atoms with Gasteiger partial charge in [-0.25, -0.2) is 8.42 Å². The molecule has 1 N–H and O–H groups in total.